The fourth-order valence-electron chi connectivity index (χ4n) is 2.23. The molecule has 0 saturated heterocycles. The maximum atomic E-state index is 9.82. The summed E-state index contributed by atoms with van der Waals surface area (Å²) in [6.45, 7) is 4.66. The SMILES string of the molecule is CCOc1ccccc1C(C)Nc1ccc(OC)c(O)c1. The van der Waals surface area contributed by atoms with Gasteiger partial charge in [0.1, 0.15) is 5.75 Å². The first-order valence-electron chi connectivity index (χ1n) is 7.01. The van der Waals surface area contributed by atoms with Gasteiger partial charge in [-0.1, -0.05) is 18.2 Å². The highest BCUT2D eigenvalue weighted by atomic mass is 16.5. The van der Waals surface area contributed by atoms with E-state index in [0.717, 1.165) is 17.0 Å². The summed E-state index contributed by atoms with van der Waals surface area (Å²) >= 11 is 0. The Balaban J connectivity index is 2.18. The van der Waals surface area contributed by atoms with E-state index in [1.807, 2.05) is 37.3 Å². The molecule has 4 heteroatoms. The third-order valence-electron chi connectivity index (χ3n) is 3.25. The summed E-state index contributed by atoms with van der Waals surface area (Å²) in [6, 6.07) is 13.3. The number of nitrogens with one attached hydrogen (secondary N) is 1. The van der Waals surface area contributed by atoms with E-state index in [-0.39, 0.29) is 11.8 Å². The quantitative estimate of drug-likeness (QED) is 0.844. The van der Waals surface area contributed by atoms with Gasteiger partial charge in [0.2, 0.25) is 0 Å². The molecule has 0 spiro atoms. The van der Waals surface area contributed by atoms with Gasteiger partial charge in [-0.15, -0.1) is 0 Å². The number of methoxy groups -OCH3 is 1. The largest absolute Gasteiger partial charge is 0.504 e. The molecule has 0 aliphatic heterocycles. The topological polar surface area (TPSA) is 50.7 Å². The summed E-state index contributed by atoms with van der Waals surface area (Å²) < 4.78 is 10.7. The molecule has 1 unspecified atom stereocenters. The van der Waals surface area contributed by atoms with Crippen molar-refractivity contribution in [3.63, 3.8) is 0 Å². The molecule has 0 amide bonds. The van der Waals surface area contributed by atoms with Crippen LogP contribution in [0, 0.1) is 0 Å². The Kier molecular flexibility index (Phi) is 4.93. The molecule has 21 heavy (non-hydrogen) atoms. The maximum Gasteiger partial charge on any atom is 0.160 e. The second kappa shape index (κ2) is 6.88. The first-order valence-corrected chi connectivity index (χ1v) is 7.01. The lowest BCUT2D eigenvalue weighted by molar-refractivity contribution is 0.335. The minimum absolute atomic E-state index is 0.0561. The van der Waals surface area contributed by atoms with Gasteiger partial charge in [0.25, 0.3) is 0 Å². The lowest BCUT2D eigenvalue weighted by Crippen LogP contribution is -2.08. The van der Waals surface area contributed by atoms with E-state index in [9.17, 15) is 5.11 Å². The summed E-state index contributed by atoms with van der Waals surface area (Å²) in [7, 11) is 1.53. The Labute approximate surface area is 125 Å². The maximum absolute atomic E-state index is 9.82. The summed E-state index contributed by atoms with van der Waals surface area (Å²) in [5.41, 5.74) is 1.90. The first-order chi connectivity index (χ1) is 10.2. The molecule has 2 N–H and O–H groups in total. The molecule has 0 heterocycles. The van der Waals surface area contributed by atoms with Crippen molar-refractivity contribution in [3.05, 3.63) is 48.0 Å². The van der Waals surface area contributed by atoms with Crippen LogP contribution in [0.5, 0.6) is 17.2 Å². The number of phenols is 1. The van der Waals surface area contributed by atoms with Crippen LogP contribution in [0.1, 0.15) is 25.5 Å². The summed E-state index contributed by atoms with van der Waals surface area (Å²) in [5, 5.41) is 13.2. The highest BCUT2D eigenvalue weighted by Gasteiger charge is 2.12. The monoisotopic (exact) mass is 287 g/mol. The number of hydrogen-bond donors (Lipinski definition) is 2. The van der Waals surface area contributed by atoms with Crippen molar-refractivity contribution in [1.29, 1.82) is 0 Å². The minimum atomic E-state index is 0.0561. The summed E-state index contributed by atoms with van der Waals surface area (Å²) in [5.74, 6) is 1.45. The number of rotatable bonds is 6. The van der Waals surface area contributed by atoms with Crippen LogP contribution in [0.4, 0.5) is 5.69 Å². The Morgan fingerprint density at radius 1 is 1.14 bits per heavy atom. The van der Waals surface area contributed by atoms with Crippen LogP contribution in [-0.2, 0) is 0 Å². The van der Waals surface area contributed by atoms with Crippen LogP contribution < -0.4 is 14.8 Å². The highest BCUT2D eigenvalue weighted by molar-refractivity contribution is 5.55. The lowest BCUT2D eigenvalue weighted by atomic mass is 10.1. The molecule has 0 radical (unpaired) electrons. The normalized spacial score (nSPS) is 11.8. The van der Waals surface area contributed by atoms with Crippen LogP contribution in [0.3, 0.4) is 0 Å². The molecule has 0 aromatic heterocycles. The highest BCUT2D eigenvalue weighted by Crippen LogP contribution is 2.32. The number of hydrogen-bond acceptors (Lipinski definition) is 4. The van der Waals surface area contributed by atoms with Gasteiger partial charge in [0.05, 0.1) is 19.8 Å². The molecule has 0 saturated carbocycles. The lowest BCUT2D eigenvalue weighted by Gasteiger charge is -2.19. The second-order valence-electron chi connectivity index (χ2n) is 4.72. The summed E-state index contributed by atoms with van der Waals surface area (Å²) in [6.07, 6.45) is 0. The summed E-state index contributed by atoms with van der Waals surface area (Å²) in [4.78, 5) is 0. The smallest absolute Gasteiger partial charge is 0.160 e. The van der Waals surface area contributed by atoms with Crippen LogP contribution in [0.2, 0.25) is 0 Å². The van der Waals surface area contributed by atoms with Crippen molar-refractivity contribution >= 4 is 5.69 Å². The number of benzene rings is 2. The third kappa shape index (κ3) is 3.60. The molecular formula is C17H21NO3. The van der Waals surface area contributed by atoms with Crippen LogP contribution in [0.15, 0.2) is 42.5 Å². The fraction of sp³-hybridized carbons (Fsp3) is 0.294. The van der Waals surface area contributed by atoms with E-state index >= 15 is 0 Å². The molecule has 0 bridgehead atoms. The van der Waals surface area contributed by atoms with Gasteiger partial charge in [-0.3, -0.25) is 0 Å². The molecular weight excluding hydrogens is 266 g/mol. The number of para-hydroxylation sites is 1. The van der Waals surface area contributed by atoms with Crippen molar-refractivity contribution in [2.24, 2.45) is 0 Å². The Bertz CT molecular complexity index is 598. The predicted octanol–water partition coefficient (Wildman–Crippen LogP) is 3.97. The van der Waals surface area contributed by atoms with Gasteiger partial charge in [0, 0.05) is 17.3 Å². The zero-order valence-electron chi connectivity index (χ0n) is 12.6. The van der Waals surface area contributed by atoms with E-state index in [0.29, 0.717) is 12.4 Å². The van der Waals surface area contributed by atoms with Crippen molar-refractivity contribution in [2.45, 2.75) is 19.9 Å². The van der Waals surface area contributed by atoms with Crippen molar-refractivity contribution in [2.75, 3.05) is 19.0 Å². The van der Waals surface area contributed by atoms with Gasteiger partial charge >= 0.3 is 0 Å². The van der Waals surface area contributed by atoms with Gasteiger partial charge < -0.3 is 19.9 Å². The van der Waals surface area contributed by atoms with Gasteiger partial charge in [-0.05, 0) is 32.0 Å². The zero-order chi connectivity index (χ0) is 15.2. The average molecular weight is 287 g/mol. The van der Waals surface area contributed by atoms with E-state index in [1.165, 1.54) is 7.11 Å². The molecule has 2 aromatic rings. The second-order valence-corrected chi connectivity index (χ2v) is 4.72. The molecule has 2 rings (SSSR count). The van der Waals surface area contributed by atoms with E-state index in [2.05, 4.69) is 12.2 Å². The number of anilines is 1. The average Bonchev–Trinajstić information content (AvgIpc) is 2.48. The molecule has 0 aliphatic rings. The van der Waals surface area contributed by atoms with Crippen LogP contribution in [0.25, 0.3) is 0 Å². The molecule has 1 atom stereocenters. The molecule has 0 fully saturated rings. The van der Waals surface area contributed by atoms with Crippen molar-refractivity contribution in [3.8, 4) is 17.2 Å². The predicted molar refractivity (Wildman–Crippen MR) is 84.3 cm³/mol. The number of ether oxygens (including phenoxy) is 2. The van der Waals surface area contributed by atoms with E-state index < -0.39 is 0 Å². The molecule has 0 aliphatic carbocycles. The fourth-order valence-corrected chi connectivity index (χ4v) is 2.23. The van der Waals surface area contributed by atoms with Crippen molar-refractivity contribution < 1.29 is 14.6 Å². The first kappa shape index (κ1) is 15.0. The van der Waals surface area contributed by atoms with Crippen LogP contribution >= 0.6 is 0 Å². The van der Waals surface area contributed by atoms with Gasteiger partial charge in [0.15, 0.2) is 11.5 Å². The van der Waals surface area contributed by atoms with E-state index in [4.69, 9.17) is 9.47 Å². The Hall–Kier alpha value is -2.36. The van der Waals surface area contributed by atoms with Gasteiger partial charge in [-0.25, -0.2) is 0 Å². The molecule has 2 aromatic carbocycles. The number of phenolic OH excluding ortho intramolecular Hbond substituents is 1. The van der Waals surface area contributed by atoms with Crippen LogP contribution in [-0.4, -0.2) is 18.8 Å². The van der Waals surface area contributed by atoms with Crippen molar-refractivity contribution in [1.82, 2.24) is 0 Å². The van der Waals surface area contributed by atoms with E-state index in [1.54, 1.807) is 12.1 Å². The Morgan fingerprint density at radius 2 is 1.90 bits per heavy atom. The minimum Gasteiger partial charge on any atom is -0.504 e. The Morgan fingerprint density at radius 3 is 2.57 bits per heavy atom. The molecule has 4 nitrogen and oxygen atoms in total. The molecule has 112 valence electrons. The standard InChI is InChI=1S/C17H21NO3/c1-4-21-16-8-6-5-7-14(16)12(2)18-13-9-10-17(20-3)15(19)11-13/h5-12,18-19H,4H2,1-3H3. The van der Waals surface area contributed by atoms with Gasteiger partial charge in [-0.2, -0.15) is 0 Å². The third-order valence-corrected chi connectivity index (χ3v) is 3.25. The zero-order valence-corrected chi connectivity index (χ0v) is 12.6. The number of aromatic hydroxyl groups is 1.